The molecule has 0 aliphatic heterocycles. The molecule has 0 aliphatic rings. The van der Waals surface area contributed by atoms with E-state index in [9.17, 15) is 18.0 Å². The molecule has 6 heteroatoms. The molecule has 0 radical (unpaired) electrons. The summed E-state index contributed by atoms with van der Waals surface area (Å²) in [5.74, 6) is 0. The van der Waals surface area contributed by atoms with Gasteiger partial charge in [-0.2, -0.15) is 18.3 Å². The number of aldehydes is 1. The maximum Gasteiger partial charge on any atom is 0.408 e. The van der Waals surface area contributed by atoms with Gasteiger partial charge < -0.3 is 0 Å². The van der Waals surface area contributed by atoms with Gasteiger partial charge in [0, 0.05) is 0 Å². The number of hydrogen-bond acceptors (Lipinski definition) is 2. The van der Waals surface area contributed by atoms with Crippen molar-refractivity contribution in [1.29, 1.82) is 0 Å². The molecule has 82 valence electrons. The Hall–Kier alpha value is -1.59. The molecule has 1 aromatic rings. The van der Waals surface area contributed by atoms with E-state index in [1.165, 1.54) is 6.07 Å². The average molecular weight is 218 g/mol. The Bertz CT molecular complexity index is 393. The van der Waals surface area contributed by atoms with Crippen molar-refractivity contribution in [2.75, 3.05) is 0 Å². The van der Waals surface area contributed by atoms with E-state index in [2.05, 4.69) is 11.7 Å². The normalized spacial score (nSPS) is 11.5. The van der Waals surface area contributed by atoms with Gasteiger partial charge in [0.2, 0.25) is 0 Å². The van der Waals surface area contributed by atoms with E-state index in [0.29, 0.717) is 11.9 Å². The summed E-state index contributed by atoms with van der Waals surface area (Å²) in [5, 5.41) is 3.50. The van der Waals surface area contributed by atoms with Crippen molar-refractivity contribution in [2.24, 2.45) is 0 Å². The summed E-state index contributed by atoms with van der Waals surface area (Å²) in [5.41, 5.74) is 0.617. The van der Waals surface area contributed by atoms with Gasteiger partial charge in [0.05, 0.1) is 5.69 Å². The number of halogens is 3. The second-order valence-electron chi connectivity index (χ2n) is 3.13. The number of nitrogens with zero attached hydrogens (tertiary/aromatic N) is 2. The molecule has 0 fully saturated rings. The average Bonchev–Trinajstić information content (AvgIpc) is 2.44. The zero-order chi connectivity index (χ0) is 11.6. The summed E-state index contributed by atoms with van der Waals surface area (Å²) in [4.78, 5) is 10.4. The molecule has 0 N–H and O–H groups in total. The zero-order valence-corrected chi connectivity index (χ0v) is 8.01. The van der Waals surface area contributed by atoms with Crippen molar-refractivity contribution < 1.29 is 18.0 Å². The largest absolute Gasteiger partial charge is 0.408 e. The first-order valence-corrected chi connectivity index (χ1v) is 4.09. The third-order valence-electron chi connectivity index (χ3n) is 1.69. The van der Waals surface area contributed by atoms with Gasteiger partial charge in [0.25, 0.3) is 0 Å². The quantitative estimate of drug-likeness (QED) is 0.729. The Morgan fingerprint density at radius 2 is 2.27 bits per heavy atom. The van der Waals surface area contributed by atoms with Gasteiger partial charge in [0.15, 0.2) is 6.29 Å². The lowest BCUT2D eigenvalue weighted by Gasteiger charge is -2.09. The predicted molar refractivity (Wildman–Crippen MR) is 48.4 cm³/mol. The number of aromatic nitrogens is 2. The molecule has 0 saturated carbocycles. The first kappa shape index (κ1) is 11.5. The molecular weight excluding hydrogens is 209 g/mol. The molecule has 1 rings (SSSR count). The van der Waals surface area contributed by atoms with E-state index in [0.717, 1.165) is 4.68 Å². The zero-order valence-electron chi connectivity index (χ0n) is 8.01. The van der Waals surface area contributed by atoms with Gasteiger partial charge in [-0.15, -0.1) is 0 Å². The van der Waals surface area contributed by atoms with Crippen LogP contribution in [-0.2, 0) is 6.54 Å². The number of rotatable bonds is 3. The fourth-order valence-corrected chi connectivity index (χ4v) is 1.13. The Balaban J connectivity index is 3.09. The molecule has 0 bridgehead atoms. The van der Waals surface area contributed by atoms with E-state index >= 15 is 0 Å². The van der Waals surface area contributed by atoms with Crippen molar-refractivity contribution in [3.63, 3.8) is 0 Å². The van der Waals surface area contributed by atoms with Gasteiger partial charge in [-0.1, -0.05) is 6.58 Å². The number of alkyl halides is 3. The molecule has 0 spiro atoms. The lowest BCUT2D eigenvalue weighted by atomic mass is 10.2. The van der Waals surface area contributed by atoms with Crippen LogP contribution in [0, 0.1) is 0 Å². The molecule has 15 heavy (non-hydrogen) atoms. The maximum atomic E-state index is 12.1. The van der Waals surface area contributed by atoms with Crippen molar-refractivity contribution in [1.82, 2.24) is 9.78 Å². The molecule has 0 atom stereocenters. The van der Waals surface area contributed by atoms with E-state index in [1.807, 2.05) is 0 Å². The molecule has 1 aromatic heterocycles. The maximum absolute atomic E-state index is 12.1. The third-order valence-corrected chi connectivity index (χ3v) is 1.69. The summed E-state index contributed by atoms with van der Waals surface area (Å²) < 4.78 is 37.1. The minimum atomic E-state index is -4.36. The minimum absolute atomic E-state index is 0.0303. The summed E-state index contributed by atoms with van der Waals surface area (Å²) in [6, 6.07) is 1.28. The minimum Gasteiger partial charge on any atom is -0.296 e. The molecule has 0 amide bonds. The van der Waals surface area contributed by atoms with Crippen LogP contribution in [0.25, 0.3) is 5.57 Å². The van der Waals surface area contributed by atoms with Gasteiger partial charge in [-0.3, -0.25) is 9.48 Å². The highest BCUT2D eigenvalue weighted by molar-refractivity contribution is 5.74. The third kappa shape index (κ3) is 2.93. The molecule has 0 unspecified atom stereocenters. The van der Waals surface area contributed by atoms with Crippen LogP contribution in [0.3, 0.4) is 0 Å². The van der Waals surface area contributed by atoms with Gasteiger partial charge in [0.1, 0.15) is 12.2 Å². The Morgan fingerprint density at radius 1 is 1.67 bits per heavy atom. The lowest BCUT2D eigenvalue weighted by molar-refractivity contribution is -0.142. The van der Waals surface area contributed by atoms with Crippen molar-refractivity contribution in [2.45, 2.75) is 19.6 Å². The van der Waals surface area contributed by atoms with E-state index in [4.69, 9.17) is 0 Å². The lowest BCUT2D eigenvalue weighted by Crippen LogP contribution is -2.20. The van der Waals surface area contributed by atoms with Crippen LogP contribution >= 0.6 is 0 Å². The fourth-order valence-electron chi connectivity index (χ4n) is 1.13. The smallest absolute Gasteiger partial charge is 0.296 e. The van der Waals surface area contributed by atoms with E-state index < -0.39 is 12.7 Å². The second-order valence-corrected chi connectivity index (χ2v) is 3.13. The van der Waals surface area contributed by atoms with Gasteiger partial charge in [-0.25, -0.2) is 0 Å². The number of carbonyl (C=O) groups excluding carboxylic acids is 1. The van der Waals surface area contributed by atoms with Crippen LogP contribution in [-0.4, -0.2) is 22.2 Å². The number of carbonyl (C=O) groups is 1. The SMILES string of the molecule is C=C(C)c1cc(C=O)nn1CC(F)(F)F. The topological polar surface area (TPSA) is 34.9 Å². The van der Waals surface area contributed by atoms with Crippen LogP contribution in [0.15, 0.2) is 12.6 Å². The standard InChI is InChI=1S/C9H9F3N2O/c1-6(2)8-3-7(4-15)13-14(8)5-9(10,11)12/h3-4H,1,5H2,2H3. The van der Waals surface area contributed by atoms with Crippen LogP contribution in [0.1, 0.15) is 23.1 Å². The molecule has 3 nitrogen and oxygen atoms in total. The molecule has 1 heterocycles. The summed E-state index contributed by atoms with van der Waals surface area (Å²) in [7, 11) is 0. The van der Waals surface area contributed by atoms with Crippen molar-refractivity contribution in [3.8, 4) is 0 Å². The molecule has 0 saturated heterocycles. The van der Waals surface area contributed by atoms with E-state index in [-0.39, 0.29) is 11.4 Å². The monoisotopic (exact) mass is 218 g/mol. The van der Waals surface area contributed by atoms with E-state index in [1.54, 1.807) is 6.92 Å². The molecular formula is C9H9F3N2O. The first-order chi connectivity index (χ1) is 6.83. The van der Waals surface area contributed by atoms with Crippen LogP contribution in [0.4, 0.5) is 13.2 Å². The summed E-state index contributed by atoms with van der Waals surface area (Å²) in [6.45, 7) is 3.85. The van der Waals surface area contributed by atoms with Crippen molar-refractivity contribution >= 4 is 11.9 Å². The molecule has 0 aromatic carbocycles. The Morgan fingerprint density at radius 3 is 2.67 bits per heavy atom. The number of allylic oxidation sites excluding steroid dienone is 1. The molecule has 0 aliphatic carbocycles. The Labute approximate surface area is 84.2 Å². The van der Waals surface area contributed by atoms with Crippen molar-refractivity contribution in [3.05, 3.63) is 24.0 Å². The van der Waals surface area contributed by atoms with Crippen LogP contribution < -0.4 is 0 Å². The first-order valence-electron chi connectivity index (χ1n) is 4.09. The highest BCUT2D eigenvalue weighted by Gasteiger charge is 2.29. The fraction of sp³-hybridized carbons (Fsp3) is 0.333. The summed E-state index contributed by atoms with van der Waals surface area (Å²) in [6.07, 6.45) is -3.96. The highest BCUT2D eigenvalue weighted by atomic mass is 19.4. The van der Waals surface area contributed by atoms with Crippen LogP contribution in [0.2, 0.25) is 0 Å². The van der Waals surface area contributed by atoms with Crippen LogP contribution in [0.5, 0.6) is 0 Å². The predicted octanol–water partition coefficient (Wildman–Crippen LogP) is 2.29. The van der Waals surface area contributed by atoms with Gasteiger partial charge in [-0.05, 0) is 18.6 Å². The second kappa shape index (κ2) is 3.88. The van der Waals surface area contributed by atoms with Gasteiger partial charge >= 0.3 is 6.18 Å². The Kier molecular flexibility index (Phi) is 2.97. The highest BCUT2D eigenvalue weighted by Crippen LogP contribution is 2.21. The summed E-state index contributed by atoms with van der Waals surface area (Å²) >= 11 is 0. The number of hydrogen-bond donors (Lipinski definition) is 0.